The lowest BCUT2D eigenvalue weighted by atomic mass is 9.99. The molecule has 0 aromatic heterocycles. The summed E-state index contributed by atoms with van der Waals surface area (Å²) in [6.45, 7) is 3.79. The molecule has 30 heavy (non-hydrogen) atoms. The van der Waals surface area contributed by atoms with Crippen molar-refractivity contribution in [3.63, 3.8) is 0 Å². The van der Waals surface area contributed by atoms with Crippen LogP contribution in [-0.2, 0) is 14.3 Å². The number of carbonyl (C=O) groups excluding carboxylic acids is 2. The number of hydrogen-bond donors (Lipinski definition) is 1. The number of nitrogens with one attached hydrogen (secondary N) is 1. The van der Waals surface area contributed by atoms with E-state index in [0.29, 0.717) is 0 Å². The maximum Gasteiger partial charge on any atom is 0.316 e. The van der Waals surface area contributed by atoms with E-state index < -0.39 is 5.97 Å². The molecule has 0 radical (unpaired) electrons. The fourth-order valence-corrected chi connectivity index (χ4v) is 3.78. The van der Waals surface area contributed by atoms with E-state index in [0.717, 1.165) is 16.0 Å². The van der Waals surface area contributed by atoms with Gasteiger partial charge in [-0.2, -0.15) is 0 Å². The van der Waals surface area contributed by atoms with E-state index in [2.05, 4.69) is 12.2 Å². The van der Waals surface area contributed by atoms with Gasteiger partial charge in [0.25, 0.3) is 5.91 Å². The minimum Gasteiger partial charge on any atom is -0.455 e. The molecule has 3 aromatic carbocycles. The molecule has 1 amide bonds. The predicted molar refractivity (Wildman–Crippen MR) is 120 cm³/mol. The van der Waals surface area contributed by atoms with E-state index in [1.165, 1.54) is 22.9 Å². The third-order valence-electron chi connectivity index (χ3n) is 4.77. The summed E-state index contributed by atoms with van der Waals surface area (Å²) >= 11 is 1.40. The maximum atomic E-state index is 12.5. The monoisotopic (exact) mass is 419 g/mol. The summed E-state index contributed by atoms with van der Waals surface area (Å²) in [7, 11) is 0. The fourth-order valence-electron chi connectivity index (χ4n) is 2.99. The van der Waals surface area contributed by atoms with Crippen molar-refractivity contribution in [2.24, 2.45) is 0 Å². The van der Waals surface area contributed by atoms with E-state index in [1.54, 1.807) is 0 Å². The highest BCUT2D eigenvalue weighted by Gasteiger charge is 2.17. The second kappa shape index (κ2) is 10.6. The van der Waals surface area contributed by atoms with E-state index >= 15 is 0 Å². The summed E-state index contributed by atoms with van der Waals surface area (Å²) < 4.78 is 5.18. The Balaban J connectivity index is 1.54. The fraction of sp³-hybridized carbons (Fsp3) is 0.200. The van der Waals surface area contributed by atoms with Gasteiger partial charge < -0.3 is 10.1 Å². The van der Waals surface area contributed by atoms with Crippen LogP contribution in [0.25, 0.3) is 0 Å². The Morgan fingerprint density at radius 1 is 0.867 bits per heavy atom. The zero-order valence-corrected chi connectivity index (χ0v) is 17.9. The first kappa shape index (κ1) is 21.7. The number of rotatable bonds is 8. The van der Waals surface area contributed by atoms with Crippen molar-refractivity contribution in [2.45, 2.75) is 24.8 Å². The number of benzene rings is 3. The second-order valence-electron chi connectivity index (χ2n) is 7.02. The topological polar surface area (TPSA) is 55.4 Å². The quantitative estimate of drug-likeness (QED) is 0.419. The Morgan fingerprint density at radius 3 is 2.03 bits per heavy atom. The third-order valence-corrected chi connectivity index (χ3v) is 5.74. The summed E-state index contributed by atoms with van der Waals surface area (Å²) in [5, 5.41) is 2.97. The Morgan fingerprint density at radius 2 is 1.47 bits per heavy atom. The molecule has 0 aliphatic rings. The Bertz CT molecular complexity index is 950. The lowest BCUT2D eigenvalue weighted by Gasteiger charge is -2.20. The zero-order valence-electron chi connectivity index (χ0n) is 17.1. The molecular weight excluding hydrogens is 394 g/mol. The van der Waals surface area contributed by atoms with Gasteiger partial charge in [-0.15, -0.1) is 11.8 Å². The molecular formula is C25H25NO3S. The van der Waals surface area contributed by atoms with Crippen molar-refractivity contribution in [1.29, 1.82) is 0 Å². The van der Waals surface area contributed by atoms with Gasteiger partial charge in [0.2, 0.25) is 0 Å². The minimum absolute atomic E-state index is 0.163. The van der Waals surface area contributed by atoms with Crippen LogP contribution in [0.5, 0.6) is 0 Å². The summed E-state index contributed by atoms with van der Waals surface area (Å²) in [5.74, 6) is -0.585. The normalized spacial score (nSPS) is 10.6. The lowest BCUT2D eigenvalue weighted by Crippen LogP contribution is -2.33. The maximum absolute atomic E-state index is 12.5. The van der Waals surface area contributed by atoms with Crippen molar-refractivity contribution in [3.05, 3.63) is 101 Å². The minimum atomic E-state index is -0.413. The van der Waals surface area contributed by atoms with Crippen molar-refractivity contribution in [3.8, 4) is 0 Å². The molecule has 1 N–H and O–H groups in total. The second-order valence-corrected chi connectivity index (χ2v) is 8.07. The van der Waals surface area contributed by atoms with Crippen molar-refractivity contribution >= 4 is 23.6 Å². The van der Waals surface area contributed by atoms with Crippen molar-refractivity contribution in [1.82, 2.24) is 5.32 Å². The lowest BCUT2D eigenvalue weighted by molar-refractivity contribution is -0.146. The highest BCUT2D eigenvalue weighted by molar-refractivity contribution is 8.00. The van der Waals surface area contributed by atoms with Crippen LogP contribution in [0.4, 0.5) is 0 Å². The molecule has 0 aliphatic heterocycles. The van der Waals surface area contributed by atoms with E-state index in [4.69, 9.17) is 4.74 Å². The molecule has 0 atom stereocenters. The van der Waals surface area contributed by atoms with Crippen LogP contribution in [0.3, 0.4) is 0 Å². The summed E-state index contributed by atoms with van der Waals surface area (Å²) in [4.78, 5) is 25.5. The van der Waals surface area contributed by atoms with Crippen molar-refractivity contribution in [2.75, 3.05) is 12.4 Å². The van der Waals surface area contributed by atoms with Crippen LogP contribution >= 0.6 is 11.8 Å². The first-order chi connectivity index (χ1) is 14.5. The molecule has 5 heteroatoms. The number of ether oxygens (including phenoxy) is 1. The molecule has 3 aromatic rings. The average molecular weight is 420 g/mol. The molecule has 0 heterocycles. The summed E-state index contributed by atoms with van der Waals surface area (Å²) in [6.07, 6.45) is 0. The smallest absolute Gasteiger partial charge is 0.316 e. The van der Waals surface area contributed by atoms with E-state index in [1.807, 2.05) is 85.8 Å². The number of carbonyl (C=O) groups is 2. The number of thioether (sulfide) groups is 1. The molecule has 0 saturated heterocycles. The number of hydrogen-bond acceptors (Lipinski definition) is 4. The highest BCUT2D eigenvalue weighted by Crippen LogP contribution is 2.22. The van der Waals surface area contributed by atoms with Crippen LogP contribution in [0.15, 0.2) is 83.8 Å². The van der Waals surface area contributed by atoms with E-state index in [9.17, 15) is 9.59 Å². The molecule has 0 saturated carbocycles. The van der Waals surface area contributed by atoms with Gasteiger partial charge in [-0.25, -0.2) is 0 Å². The average Bonchev–Trinajstić information content (AvgIpc) is 2.78. The zero-order chi connectivity index (χ0) is 21.3. The number of amides is 1. The first-order valence-corrected chi connectivity index (χ1v) is 10.8. The van der Waals surface area contributed by atoms with Gasteiger partial charge in [-0.05, 0) is 48.2 Å². The molecule has 4 nitrogen and oxygen atoms in total. The van der Waals surface area contributed by atoms with Crippen LogP contribution in [0.2, 0.25) is 0 Å². The van der Waals surface area contributed by atoms with E-state index in [-0.39, 0.29) is 24.3 Å². The number of aryl methyl sites for hydroxylation is 2. The molecule has 3 rings (SSSR count). The van der Waals surface area contributed by atoms with Crippen LogP contribution in [0.1, 0.15) is 28.3 Å². The van der Waals surface area contributed by atoms with Gasteiger partial charge in [0.05, 0.1) is 11.8 Å². The van der Waals surface area contributed by atoms with Gasteiger partial charge >= 0.3 is 5.97 Å². The summed E-state index contributed by atoms with van der Waals surface area (Å²) in [5.41, 5.74) is 4.33. The van der Waals surface area contributed by atoms with Crippen molar-refractivity contribution < 1.29 is 14.3 Å². The molecule has 0 unspecified atom stereocenters. The van der Waals surface area contributed by atoms with Gasteiger partial charge in [-0.3, -0.25) is 9.59 Å². The third kappa shape index (κ3) is 6.22. The Hall–Kier alpha value is -3.05. The Kier molecular flexibility index (Phi) is 7.69. The molecule has 0 spiro atoms. The van der Waals surface area contributed by atoms with Crippen LogP contribution in [0, 0.1) is 13.8 Å². The standard InChI is InChI=1S/C25H25NO3S/c1-18-13-14-22(15-19(18)2)30-17-24(28)29-16-23(27)26-25(20-9-5-3-6-10-20)21-11-7-4-8-12-21/h3-15,25H,16-17H2,1-2H3,(H,26,27). The highest BCUT2D eigenvalue weighted by atomic mass is 32.2. The molecule has 154 valence electrons. The molecule has 0 fully saturated rings. The van der Waals surface area contributed by atoms with Gasteiger partial charge in [0.15, 0.2) is 6.61 Å². The largest absolute Gasteiger partial charge is 0.455 e. The first-order valence-electron chi connectivity index (χ1n) is 9.78. The van der Waals surface area contributed by atoms with Gasteiger partial charge in [0, 0.05) is 4.90 Å². The molecule has 0 aliphatic carbocycles. The number of esters is 1. The van der Waals surface area contributed by atoms with Gasteiger partial charge in [-0.1, -0.05) is 66.7 Å². The summed E-state index contributed by atoms with van der Waals surface area (Å²) in [6, 6.07) is 25.2. The SMILES string of the molecule is Cc1ccc(SCC(=O)OCC(=O)NC(c2ccccc2)c2ccccc2)cc1C. The molecule has 0 bridgehead atoms. The Labute approximate surface area is 181 Å². The predicted octanol–water partition coefficient (Wildman–Crippen LogP) is 4.84. The van der Waals surface area contributed by atoms with Crippen LogP contribution in [-0.4, -0.2) is 24.2 Å². The van der Waals surface area contributed by atoms with Gasteiger partial charge in [0.1, 0.15) is 0 Å². The van der Waals surface area contributed by atoms with Crippen LogP contribution < -0.4 is 5.32 Å².